The molecule has 9 heteroatoms. The number of aromatic amines is 1. The molecule has 0 atom stereocenters. The summed E-state index contributed by atoms with van der Waals surface area (Å²) in [5, 5.41) is 31.1. The molecule has 0 aromatic carbocycles. The van der Waals surface area contributed by atoms with Crippen molar-refractivity contribution < 1.29 is 0 Å². The third kappa shape index (κ3) is 2.90. The molecule has 4 heterocycles. The Balaban J connectivity index is 1.68. The van der Waals surface area contributed by atoms with E-state index in [1.54, 1.807) is 12.4 Å². The zero-order valence-corrected chi connectivity index (χ0v) is 16.9. The lowest BCUT2D eigenvalue weighted by Crippen LogP contribution is -2.46. The molecule has 4 aromatic rings. The van der Waals surface area contributed by atoms with Crippen molar-refractivity contribution in [1.82, 2.24) is 29.9 Å². The molecule has 0 amide bonds. The maximum absolute atomic E-state index is 9.37. The first-order valence-electron chi connectivity index (χ1n) is 9.93. The number of nitrogens with two attached hydrogens (primary N) is 1. The monoisotopic (exact) mass is 409 g/mol. The van der Waals surface area contributed by atoms with Gasteiger partial charge in [-0.15, -0.1) is 0 Å². The van der Waals surface area contributed by atoms with Gasteiger partial charge in [0.2, 0.25) is 0 Å². The van der Waals surface area contributed by atoms with Crippen LogP contribution in [0, 0.1) is 35.5 Å². The number of nitrogens with one attached hydrogen (secondary N) is 1. The van der Waals surface area contributed by atoms with Gasteiger partial charge in [0.1, 0.15) is 17.2 Å². The SMILES string of the molecule is Cc1cn(C2(CC#N)CC(C#N)C2)nc1-c1nc(-c2cn[nH]c2N)cc2ncccc12. The smallest absolute Gasteiger partial charge is 0.128 e. The van der Waals surface area contributed by atoms with E-state index in [1.165, 1.54) is 0 Å². The van der Waals surface area contributed by atoms with Crippen LogP contribution < -0.4 is 5.73 Å². The van der Waals surface area contributed by atoms with E-state index >= 15 is 0 Å². The molecule has 0 unspecified atom stereocenters. The van der Waals surface area contributed by atoms with E-state index in [2.05, 4.69) is 27.3 Å². The summed E-state index contributed by atoms with van der Waals surface area (Å²) in [5.74, 6) is 0.387. The fourth-order valence-electron chi connectivity index (χ4n) is 4.34. The van der Waals surface area contributed by atoms with Crippen LogP contribution in [0.1, 0.15) is 24.8 Å². The van der Waals surface area contributed by atoms with Crippen molar-refractivity contribution >= 4 is 16.7 Å². The molecule has 0 spiro atoms. The van der Waals surface area contributed by atoms with E-state index < -0.39 is 5.54 Å². The molecular formula is C22H19N9. The van der Waals surface area contributed by atoms with Gasteiger partial charge in [0, 0.05) is 17.8 Å². The Morgan fingerprint density at radius 2 is 2.16 bits per heavy atom. The summed E-state index contributed by atoms with van der Waals surface area (Å²) in [6.45, 7) is 1.97. The number of pyridine rings is 2. The number of anilines is 1. The van der Waals surface area contributed by atoms with Gasteiger partial charge < -0.3 is 5.73 Å². The van der Waals surface area contributed by atoms with E-state index in [0.29, 0.717) is 42.0 Å². The summed E-state index contributed by atoms with van der Waals surface area (Å²) in [6.07, 6.45) is 6.88. The van der Waals surface area contributed by atoms with Crippen molar-refractivity contribution in [1.29, 1.82) is 10.5 Å². The van der Waals surface area contributed by atoms with Gasteiger partial charge in [-0.25, -0.2) is 4.98 Å². The fourth-order valence-corrected chi connectivity index (χ4v) is 4.34. The Bertz CT molecular complexity index is 1380. The molecule has 1 aliphatic rings. The van der Waals surface area contributed by atoms with Gasteiger partial charge in [0.25, 0.3) is 0 Å². The van der Waals surface area contributed by atoms with Gasteiger partial charge in [0.05, 0.1) is 53.0 Å². The average Bonchev–Trinajstić information content (AvgIpc) is 3.35. The molecule has 3 N–H and O–H groups in total. The average molecular weight is 409 g/mol. The molecule has 4 aromatic heterocycles. The molecule has 9 nitrogen and oxygen atoms in total. The molecular weight excluding hydrogens is 390 g/mol. The number of nitriles is 2. The second kappa shape index (κ2) is 6.92. The lowest BCUT2D eigenvalue weighted by atomic mass is 9.67. The highest BCUT2D eigenvalue weighted by Gasteiger charge is 2.47. The number of hydrogen-bond donors (Lipinski definition) is 2. The molecule has 1 aliphatic carbocycles. The molecule has 0 saturated heterocycles. The van der Waals surface area contributed by atoms with E-state index in [0.717, 1.165) is 22.2 Å². The lowest BCUT2D eigenvalue weighted by Gasteiger charge is -2.43. The molecule has 152 valence electrons. The first kappa shape index (κ1) is 18.8. The minimum Gasteiger partial charge on any atom is -0.384 e. The summed E-state index contributed by atoms with van der Waals surface area (Å²) < 4.78 is 1.86. The number of aryl methyl sites for hydroxylation is 1. The van der Waals surface area contributed by atoms with Crippen molar-refractivity contribution in [3.63, 3.8) is 0 Å². The third-order valence-corrected chi connectivity index (χ3v) is 6.00. The lowest BCUT2D eigenvalue weighted by molar-refractivity contribution is 0.0883. The highest BCUT2D eigenvalue weighted by Crippen LogP contribution is 2.46. The molecule has 0 aliphatic heterocycles. The van der Waals surface area contributed by atoms with E-state index in [1.807, 2.05) is 36.0 Å². The molecule has 1 fully saturated rings. The van der Waals surface area contributed by atoms with E-state index in [-0.39, 0.29) is 5.92 Å². The Labute approximate surface area is 178 Å². The van der Waals surface area contributed by atoms with Crippen molar-refractivity contribution in [3.05, 3.63) is 42.4 Å². The second-order valence-corrected chi connectivity index (χ2v) is 8.02. The highest BCUT2D eigenvalue weighted by atomic mass is 15.3. The van der Waals surface area contributed by atoms with Gasteiger partial charge in [-0.3, -0.25) is 14.8 Å². The number of hydrogen-bond acceptors (Lipinski definition) is 7. The molecule has 0 radical (unpaired) electrons. The van der Waals surface area contributed by atoms with Crippen molar-refractivity contribution in [2.75, 3.05) is 5.73 Å². The fraction of sp³-hybridized carbons (Fsp3) is 0.273. The maximum atomic E-state index is 9.37. The summed E-state index contributed by atoms with van der Waals surface area (Å²) in [5.41, 5.74) is 10.1. The quantitative estimate of drug-likeness (QED) is 0.525. The third-order valence-electron chi connectivity index (χ3n) is 6.00. The van der Waals surface area contributed by atoms with Crippen LogP contribution in [0.2, 0.25) is 0 Å². The topological polar surface area (TPSA) is 146 Å². The Hall–Kier alpha value is -4.24. The summed E-state index contributed by atoms with van der Waals surface area (Å²) >= 11 is 0. The largest absolute Gasteiger partial charge is 0.384 e. The van der Waals surface area contributed by atoms with Crippen LogP contribution in [0.3, 0.4) is 0 Å². The molecule has 31 heavy (non-hydrogen) atoms. The molecule has 1 saturated carbocycles. The summed E-state index contributed by atoms with van der Waals surface area (Å²) in [4.78, 5) is 9.38. The summed E-state index contributed by atoms with van der Waals surface area (Å²) in [6, 6.07) is 10.3. The van der Waals surface area contributed by atoms with Gasteiger partial charge in [-0.2, -0.15) is 20.7 Å². The predicted octanol–water partition coefficient (Wildman–Crippen LogP) is 3.32. The van der Waals surface area contributed by atoms with Crippen LogP contribution in [-0.4, -0.2) is 29.9 Å². The first-order valence-corrected chi connectivity index (χ1v) is 9.93. The first-order chi connectivity index (χ1) is 15.0. The van der Waals surface area contributed by atoms with Crippen molar-refractivity contribution in [2.24, 2.45) is 5.92 Å². The van der Waals surface area contributed by atoms with Crippen molar-refractivity contribution in [2.45, 2.75) is 31.7 Å². The van der Waals surface area contributed by atoms with Crippen molar-refractivity contribution in [3.8, 4) is 34.8 Å². The van der Waals surface area contributed by atoms with Gasteiger partial charge in [-0.1, -0.05) is 0 Å². The van der Waals surface area contributed by atoms with Crippen LogP contribution in [0.5, 0.6) is 0 Å². The normalized spacial score (nSPS) is 20.2. The maximum Gasteiger partial charge on any atom is 0.128 e. The van der Waals surface area contributed by atoms with Crippen LogP contribution >= 0.6 is 0 Å². The second-order valence-electron chi connectivity index (χ2n) is 8.02. The van der Waals surface area contributed by atoms with Crippen LogP contribution in [0.25, 0.3) is 33.5 Å². The van der Waals surface area contributed by atoms with Gasteiger partial charge >= 0.3 is 0 Å². The van der Waals surface area contributed by atoms with Gasteiger partial charge in [0.15, 0.2) is 0 Å². The number of rotatable bonds is 4. The van der Waals surface area contributed by atoms with Crippen LogP contribution in [0.4, 0.5) is 5.82 Å². The zero-order chi connectivity index (χ0) is 21.6. The number of nitrogens with zero attached hydrogens (tertiary/aromatic N) is 7. The number of fused-ring (bicyclic) bond motifs is 1. The van der Waals surface area contributed by atoms with E-state index in [9.17, 15) is 10.5 Å². The molecule has 0 bridgehead atoms. The van der Waals surface area contributed by atoms with E-state index in [4.69, 9.17) is 15.8 Å². The molecule has 5 rings (SSSR count). The summed E-state index contributed by atoms with van der Waals surface area (Å²) in [7, 11) is 0. The number of aromatic nitrogens is 6. The number of H-pyrrole nitrogens is 1. The minimum atomic E-state index is -0.446. The van der Waals surface area contributed by atoms with Crippen LogP contribution in [-0.2, 0) is 5.54 Å². The standard InChI is InChI=1S/C22H19N9/c1-13-12-31(22(4-5-23)8-14(9-22)10-24)30-19(13)20-15-3-2-6-26-17(15)7-18(28-20)16-11-27-29-21(16)25/h2-3,6-7,11-12,14H,4,8-9H2,1H3,(H3,25,27,29). The zero-order valence-electron chi connectivity index (χ0n) is 16.9. The predicted molar refractivity (Wildman–Crippen MR) is 114 cm³/mol. The number of nitrogen functional groups attached to an aromatic ring is 1. The minimum absolute atomic E-state index is 0.0446. The van der Waals surface area contributed by atoms with Crippen LogP contribution in [0.15, 0.2) is 36.8 Å². The van der Waals surface area contributed by atoms with Gasteiger partial charge in [-0.05, 0) is 43.5 Å². The highest BCUT2D eigenvalue weighted by molar-refractivity contribution is 5.95. The Morgan fingerprint density at radius 1 is 1.32 bits per heavy atom. The Kier molecular flexibility index (Phi) is 4.19. The Morgan fingerprint density at radius 3 is 2.87 bits per heavy atom.